The number of ether oxygens (including phenoxy) is 1. The Balaban J connectivity index is 1.18. The molecule has 0 radical (unpaired) electrons. The lowest BCUT2D eigenvalue weighted by Crippen LogP contribution is -2.37. The summed E-state index contributed by atoms with van der Waals surface area (Å²) in [5, 5.41) is 3.28. The second-order valence-corrected chi connectivity index (χ2v) is 9.58. The highest BCUT2D eigenvalue weighted by Gasteiger charge is 2.33. The van der Waals surface area contributed by atoms with Gasteiger partial charge < -0.3 is 15.0 Å². The van der Waals surface area contributed by atoms with Crippen molar-refractivity contribution in [2.45, 2.75) is 58.1 Å². The number of amides is 1. The molecule has 0 atom stereocenters. The van der Waals surface area contributed by atoms with Gasteiger partial charge in [-0.2, -0.15) is 4.98 Å². The van der Waals surface area contributed by atoms with Gasteiger partial charge in [0.25, 0.3) is 0 Å². The van der Waals surface area contributed by atoms with Gasteiger partial charge in [0.2, 0.25) is 11.9 Å². The fourth-order valence-corrected chi connectivity index (χ4v) is 5.10. The number of esters is 1. The van der Waals surface area contributed by atoms with Crippen LogP contribution in [0.15, 0.2) is 60.8 Å². The van der Waals surface area contributed by atoms with Crippen LogP contribution in [0.1, 0.15) is 55.5 Å². The van der Waals surface area contributed by atoms with E-state index in [1.807, 2.05) is 35.2 Å². The Kier molecular flexibility index (Phi) is 7.35. The van der Waals surface area contributed by atoms with E-state index >= 15 is 0 Å². The van der Waals surface area contributed by atoms with Crippen molar-refractivity contribution in [1.82, 2.24) is 9.97 Å². The number of aromatic nitrogens is 2. The molecule has 0 saturated carbocycles. The number of nitrogens with one attached hydrogen (secondary N) is 1. The molecule has 5 rings (SSSR count). The zero-order valence-corrected chi connectivity index (χ0v) is 21.4. The minimum atomic E-state index is -0.254. The summed E-state index contributed by atoms with van der Waals surface area (Å²) in [6, 6.07) is 17.5. The Morgan fingerprint density at radius 2 is 1.76 bits per heavy atom. The van der Waals surface area contributed by atoms with E-state index in [4.69, 9.17) is 9.72 Å². The lowest BCUT2D eigenvalue weighted by atomic mass is 10.1. The lowest BCUT2D eigenvalue weighted by molar-refractivity contribution is -0.117. The highest BCUT2D eigenvalue weighted by Crippen LogP contribution is 2.31. The smallest absolute Gasteiger partial charge is 0.338 e. The molecule has 192 valence electrons. The van der Waals surface area contributed by atoms with E-state index in [-0.39, 0.29) is 24.0 Å². The van der Waals surface area contributed by atoms with Crippen molar-refractivity contribution >= 4 is 35.0 Å². The molecule has 1 amide bonds. The van der Waals surface area contributed by atoms with Gasteiger partial charge in [-0.25, -0.2) is 9.78 Å². The van der Waals surface area contributed by atoms with Crippen LogP contribution in [0.4, 0.5) is 23.1 Å². The van der Waals surface area contributed by atoms with Gasteiger partial charge in [-0.1, -0.05) is 32.0 Å². The number of rotatable bonds is 8. The Labute approximate surface area is 217 Å². The number of carbonyl (C=O) groups excluding carboxylic acids is 2. The summed E-state index contributed by atoms with van der Waals surface area (Å²) in [5.74, 6) is 1.05. The molecular formula is C29H33N5O3. The van der Waals surface area contributed by atoms with Crippen molar-refractivity contribution in [2.24, 2.45) is 0 Å². The van der Waals surface area contributed by atoms with E-state index < -0.39 is 0 Å². The van der Waals surface area contributed by atoms with Crippen molar-refractivity contribution in [2.75, 3.05) is 28.2 Å². The maximum absolute atomic E-state index is 12.6. The Morgan fingerprint density at radius 3 is 2.43 bits per heavy atom. The number of hydrogen-bond donors (Lipinski definition) is 1. The van der Waals surface area contributed by atoms with Crippen molar-refractivity contribution in [3.05, 3.63) is 71.9 Å². The minimum Gasteiger partial charge on any atom is -0.459 e. The van der Waals surface area contributed by atoms with Gasteiger partial charge in [0, 0.05) is 55.1 Å². The average molecular weight is 500 g/mol. The molecular weight excluding hydrogens is 466 g/mol. The predicted molar refractivity (Wildman–Crippen MR) is 144 cm³/mol. The number of carbonyl (C=O) groups is 2. The first-order valence-electron chi connectivity index (χ1n) is 13.1. The minimum absolute atomic E-state index is 0.0617. The molecule has 8 heteroatoms. The zero-order valence-electron chi connectivity index (χ0n) is 21.4. The molecule has 0 aliphatic carbocycles. The van der Waals surface area contributed by atoms with E-state index in [9.17, 15) is 9.59 Å². The molecule has 2 aliphatic heterocycles. The van der Waals surface area contributed by atoms with Gasteiger partial charge in [-0.15, -0.1) is 0 Å². The molecule has 2 aromatic carbocycles. The van der Waals surface area contributed by atoms with Crippen LogP contribution >= 0.6 is 0 Å². The molecule has 0 bridgehead atoms. The summed E-state index contributed by atoms with van der Waals surface area (Å²) in [4.78, 5) is 38.2. The molecule has 2 aliphatic rings. The molecule has 1 aromatic heterocycles. The largest absolute Gasteiger partial charge is 0.459 e. The summed E-state index contributed by atoms with van der Waals surface area (Å²) >= 11 is 0. The number of fused-ring (bicyclic) bond motifs is 1. The third kappa shape index (κ3) is 5.43. The normalized spacial score (nSPS) is 15.7. The van der Waals surface area contributed by atoms with Gasteiger partial charge in [0.15, 0.2) is 0 Å². The summed E-state index contributed by atoms with van der Waals surface area (Å²) in [6.07, 6.45) is 5.44. The fraction of sp³-hybridized carbons (Fsp3) is 0.379. The third-order valence-electron chi connectivity index (χ3n) is 7.20. The topological polar surface area (TPSA) is 87.7 Å². The van der Waals surface area contributed by atoms with Gasteiger partial charge >= 0.3 is 5.97 Å². The predicted octanol–water partition coefficient (Wildman–Crippen LogP) is 5.12. The van der Waals surface area contributed by atoms with Crippen LogP contribution in [0.3, 0.4) is 0 Å². The van der Waals surface area contributed by atoms with Crippen LogP contribution in [-0.2, 0) is 16.0 Å². The summed E-state index contributed by atoms with van der Waals surface area (Å²) in [5.41, 5.74) is 3.48. The first-order valence-corrected chi connectivity index (χ1v) is 13.1. The second kappa shape index (κ2) is 11.0. The Morgan fingerprint density at radius 1 is 1.05 bits per heavy atom. The lowest BCUT2D eigenvalue weighted by Gasteiger charge is -2.33. The highest BCUT2D eigenvalue weighted by molar-refractivity contribution is 6.00. The Bertz CT molecular complexity index is 1240. The summed E-state index contributed by atoms with van der Waals surface area (Å²) in [6.45, 7) is 5.85. The molecule has 8 nitrogen and oxygen atoms in total. The van der Waals surface area contributed by atoms with Crippen LogP contribution < -0.4 is 15.1 Å². The molecule has 3 aromatic rings. The van der Waals surface area contributed by atoms with E-state index in [0.717, 1.165) is 61.5 Å². The fourth-order valence-electron chi connectivity index (χ4n) is 5.10. The van der Waals surface area contributed by atoms with Gasteiger partial charge in [0.1, 0.15) is 11.9 Å². The Hall–Kier alpha value is -3.94. The summed E-state index contributed by atoms with van der Waals surface area (Å²) in [7, 11) is 0. The maximum atomic E-state index is 12.6. The molecule has 3 heterocycles. The van der Waals surface area contributed by atoms with Crippen molar-refractivity contribution in [1.29, 1.82) is 0 Å². The zero-order chi connectivity index (χ0) is 25.8. The van der Waals surface area contributed by atoms with E-state index in [1.165, 1.54) is 0 Å². The van der Waals surface area contributed by atoms with Gasteiger partial charge in [0.05, 0.1) is 12.0 Å². The van der Waals surface area contributed by atoms with E-state index in [1.54, 1.807) is 18.3 Å². The van der Waals surface area contributed by atoms with Gasteiger partial charge in [-0.3, -0.25) is 9.69 Å². The third-order valence-corrected chi connectivity index (χ3v) is 7.20. The first kappa shape index (κ1) is 24.7. The molecule has 1 N–H and O–H groups in total. The SMILES string of the molecule is CCC(CC)N1C(=O)Cc2cnc(Nc3ccc(N4CCC(OC(=O)c5ccccc5)CC4)cc3)nc21. The van der Waals surface area contributed by atoms with Crippen LogP contribution in [0.2, 0.25) is 0 Å². The standard InChI is InChI=1S/C29H33N5O3/c1-3-23(4-2)34-26(35)18-21-19-30-29(32-27(21)34)31-22-10-12-24(13-11-22)33-16-14-25(15-17-33)37-28(36)20-8-6-5-7-9-20/h5-13,19,23,25H,3-4,14-18H2,1-2H3,(H,30,31,32). The second-order valence-electron chi connectivity index (χ2n) is 9.58. The van der Waals surface area contributed by atoms with Gasteiger partial charge in [-0.05, 0) is 49.2 Å². The average Bonchev–Trinajstić information content (AvgIpc) is 3.26. The molecule has 0 unspecified atom stereocenters. The van der Waals surface area contributed by atoms with Crippen molar-refractivity contribution < 1.29 is 14.3 Å². The first-order chi connectivity index (χ1) is 18.1. The molecule has 37 heavy (non-hydrogen) atoms. The number of piperidine rings is 1. The van der Waals surface area contributed by atoms with Crippen molar-refractivity contribution in [3.63, 3.8) is 0 Å². The number of nitrogens with zero attached hydrogens (tertiary/aromatic N) is 4. The monoisotopic (exact) mass is 499 g/mol. The molecule has 1 saturated heterocycles. The number of benzene rings is 2. The molecule has 0 spiro atoms. The number of anilines is 4. The van der Waals surface area contributed by atoms with E-state index in [2.05, 4.69) is 41.2 Å². The maximum Gasteiger partial charge on any atom is 0.338 e. The van der Waals surface area contributed by atoms with Crippen molar-refractivity contribution in [3.8, 4) is 0 Å². The summed E-state index contributed by atoms with van der Waals surface area (Å²) < 4.78 is 5.71. The molecule has 1 fully saturated rings. The number of hydrogen-bond acceptors (Lipinski definition) is 7. The van der Waals surface area contributed by atoms with E-state index in [0.29, 0.717) is 17.9 Å². The highest BCUT2D eigenvalue weighted by atomic mass is 16.5. The van der Waals surface area contributed by atoms with Crippen LogP contribution in [0.25, 0.3) is 0 Å². The van der Waals surface area contributed by atoms with Crippen LogP contribution in [0, 0.1) is 0 Å². The van der Waals surface area contributed by atoms with Crippen LogP contribution in [-0.4, -0.2) is 47.1 Å². The van der Waals surface area contributed by atoms with Crippen LogP contribution in [0.5, 0.6) is 0 Å². The quantitative estimate of drug-likeness (QED) is 0.430.